The van der Waals surface area contributed by atoms with Gasteiger partial charge in [-0.05, 0) is 30.5 Å². The molecule has 0 radical (unpaired) electrons. The number of aromatic carboxylic acids is 1. The number of carbonyl (C=O) groups excluding carboxylic acids is 1. The van der Waals surface area contributed by atoms with Crippen molar-refractivity contribution < 1.29 is 14.7 Å². The zero-order valence-electron chi connectivity index (χ0n) is 9.51. The largest absolute Gasteiger partial charge is 0.477 e. The Morgan fingerprint density at radius 1 is 1.39 bits per heavy atom. The summed E-state index contributed by atoms with van der Waals surface area (Å²) >= 11 is 1.07. The van der Waals surface area contributed by atoms with Crippen molar-refractivity contribution in [3.63, 3.8) is 0 Å². The molecule has 0 aliphatic carbocycles. The van der Waals surface area contributed by atoms with Crippen molar-refractivity contribution in [2.45, 2.75) is 6.92 Å². The van der Waals surface area contributed by atoms with E-state index in [1.807, 2.05) is 0 Å². The van der Waals surface area contributed by atoms with Crippen molar-refractivity contribution in [2.24, 2.45) is 0 Å². The van der Waals surface area contributed by atoms with Crippen LogP contribution in [0.3, 0.4) is 0 Å². The van der Waals surface area contributed by atoms with E-state index in [0.29, 0.717) is 16.9 Å². The number of hydrogen-bond donors (Lipinski definition) is 2. The number of carboxylic acid groups (broad SMARTS) is 1. The van der Waals surface area contributed by atoms with E-state index >= 15 is 0 Å². The SMILES string of the molecule is Cc1ncccc1C(=O)Nc1ccsc1C(=O)O. The number of thiophene rings is 1. The number of rotatable bonds is 3. The lowest BCUT2D eigenvalue weighted by molar-refractivity contribution is 0.0703. The molecule has 0 atom stereocenters. The van der Waals surface area contributed by atoms with Gasteiger partial charge in [0.1, 0.15) is 4.88 Å². The molecular formula is C12H10N2O3S. The molecule has 2 rings (SSSR count). The molecule has 1 amide bonds. The van der Waals surface area contributed by atoms with E-state index in [1.165, 1.54) is 0 Å². The maximum Gasteiger partial charge on any atom is 0.348 e. The first-order valence-electron chi connectivity index (χ1n) is 5.13. The lowest BCUT2D eigenvalue weighted by Gasteiger charge is -2.06. The Morgan fingerprint density at radius 2 is 2.17 bits per heavy atom. The lowest BCUT2D eigenvalue weighted by atomic mass is 10.2. The number of aryl methyl sites for hydroxylation is 1. The second kappa shape index (κ2) is 4.97. The molecule has 0 fully saturated rings. The van der Waals surface area contributed by atoms with Crippen LogP contribution in [0.15, 0.2) is 29.8 Å². The van der Waals surface area contributed by atoms with E-state index in [0.717, 1.165) is 11.3 Å². The highest BCUT2D eigenvalue weighted by atomic mass is 32.1. The lowest BCUT2D eigenvalue weighted by Crippen LogP contribution is -2.15. The summed E-state index contributed by atoms with van der Waals surface area (Å²) < 4.78 is 0. The van der Waals surface area contributed by atoms with Crippen molar-refractivity contribution in [3.8, 4) is 0 Å². The van der Waals surface area contributed by atoms with Gasteiger partial charge in [0, 0.05) is 11.9 Å². The van der Waals surface area contributed by atoms with E-state index in [1.54, 1.807) is 36.7 Å². The summed E-state index contributed by atoms with van der Waals surface area (Å²) in [5.74, 6) is -1.41. The van der Waals surface area contributed by atoms with Gasteiger partial charge in [0.2, 0.25) is 0 Å². The van der Waals surface area contributed by atoms with Gasteiger partial charge in [-0.2, -0.15) is 0 Å². The Kier molecular flexibility index (Phi) is 3.38. The van der Waals surface area contributed by atoms with Crippen molar-refractivity contribution in [1.29, 1.82) is 0 Å². The fourth-order valence-corrected chi connectivity index (χ4v) is 2.17. The predicted molar refractivity (Wildman–Crippen MR) is 68.2 cm³/mol. The second-order valence-corrected chi connectivity index (χ2v) is 4.48. The van der Waals surface area contributed by atoms with Gasteiger partial charge < -0.3 is 10.4 Å². The molecular weight excluding hydrogens is 252 g/mol. The number of hydrogen-bond acceptors (Lipinski definition) is 4. The van der Waals surface area contributed by atoms with Gasteiger partial charge in [-0.25, -0.2) is 4.79 Å². The first kappa shape index (κ1) is 12.3. The predicted octanol–water partition coefficient (Wildman–Crippen LogP) is 2.40. The van der Waals surface area contributed by atoms with E-state index < -0.39 is 5.97 Å². The Labute approximate surface area is 107 Å². The molecule has 2 aromatic rings. The zero-order chi connectivity index (χ0) is 13.1. The van der Waals surface area contributed by atoms with Gasteiger partial charge in [0.15, 0.2) is 0 Å². The number of aromatic nitrogens is 1. The van der Waals surface area contributed by atoms with E-state index in [-0.39, 0.29) is 10.8 Å². The average molecular weight is 262 g/mol. The highest BCUT2D eigenvalue weighted by molar-refractivity contribution is 7.12. The summed E-state index contributed by atoms with van der Waals surface area (Å²) in [5.41, 5.74) is 1.34. The summed E-state index contributed by atoms with van der Waals surface area (Å²) in [5, 5.41) is 13.1. The van der Waals surface area contributed by atoms with E-state index in [9.17, 15) is 9.59 Å². The number of nitrogens with one attached hydrogen (secondary N) is 1. The topological polar surface area (TPSA) is 79.3 Å². The molecule has 6 heteroatoms. The molecule has 0 aliphatic rings. The molecule has 0 saturated heterocycles. The third-order valence-corrected chi connectivity index (χ3v) is 3.26. The van der Waals surface area contributed by atoms with Crippen LogP contribution in [-0.4, -0.2) is 22.0 Å². The summed E-state index contributed by atoms with van der Waals surface area (Å²) in [7, 11) is 0. The monoisotopic (exact) mass is 262 g/mol. The van der Waals surface area contributed by atoms with Crippen LogP contribution in [0, 0.1) is 6.92 Å². The minimum Gasteiger partial charge on any atom is -0.477 e. The minimum atomic E-state index is -1.05. The Balaban J connectivity index is 2.25. The van der Waals surface area contributed by atoms with Crippen LogP contribution < -0.4 is 5.32 Å². The van der Waals surface area contributed by atoms with Gasteiger partial charge in [0.05, 0.1) is 11.3 Å². The maximum absolute atomic E-state index is 12.0. The molecule has 2 aromatic heterocycles. The number of amides is 1. The number of anilines is 1. The molecule has 2 heterocycles. The van der Waals surface area contributed by atoms with Crippen molar-refractivity contribution in [1.82, 2.24) is 4.98 Å². The van der Waals surface area contributed by atoms with Crippen LogP contribution in [0.2, 0.25) is 0 Å². The molecule has 2 N–H and O–H groups in total. The average Bonchev–Trinajstić information content (AvgIpc) is 2.77. The molecule has 0 saturated carbocycles. The standard InChI is InChI=1S/C12H10N2O3S/c1-7-8(3-2-5-13-7)11(15)14-9-4-6-18-10(9)12(16)17/h2-6H,1H3,(H,14,15)(H,16,17). The van der Waals surface area contributed by atoms with Crippen LogP contribution in [-0.2, 0) is 0 Å². The molecule has 92 valence electrons. The minimum absolute atomic E-state index is 0.116. The first-order valence-corrected chi connectivity index (χ1v) is 6.01. The fraction of sp³-hybridized carbons (Fsp3) is 0.0833. The Morgan fingerprint density at radius 3 is 2.83 bits per heavy atom. The summed E-state index contributed by atoms with van der Waals surface area (Å²) in [6.45, 7) is 1.72. The highest BCUT2D eigenvalue weighted by Gasteiger charge is 2.16. The van der Waals surface area contributed by atoms with Gasteiger partial charge in [-0.3, -0.25) is 9.78 Å². The Bertz CT molecular complexity index is 607. The van der Waals surface area contributed by atoms with Crippen LogP contribution in [0.1, 0.15) is 25.7 Å². The quantitative estimate of drug-likeness (QED) is 0.890. The third kappa shape index (κ3) is 2.38. The zero-order valence-corrected chi connectivity index (χ0v) is 10.3. The third-order valence-electron chi connectivity index (χ3n) is 2.36. The maximum atomic E-state index is 12.0. The molecule has 5 nitrogen and oxygen atoms in total. The molecule has 0 unspecified atom stereocenters. The first-order chi connectivity index (χ1) is 8.59. The molecule has 0 spiro atoms. The number of nitrogens with zero attached hydrogens (tertiary/aromatic N) is 1. The second-order valence-electron chi connectivity index (χ2n) is 3.56. The summed E-state index contributed by atoms with van der Waals surface area (Å²) in [6.07, 6.45) is 1.60. The molecule has 0 aromatic carbocycles. The number of carboxylic acids is 1. The van der Waals surface area contributed by atoms with Crippen LogP contribution in [0.4, 0.5) is 5.69 Å². The number of pyridine rings is 1. The highest BCUT2D eigenvalue weighted by Crippen LogP contribution is 2.22. The van der Waals surface area contributed by atoms with Gasteiger partial charge in [0.25, 0.3) is 5.91 Å². The van der Waals surface area contributed by atoms with E-state index in [2.05, 4.69) is 10.3 Å². The van der Waals surface area contributed by atoms with Gasteiger partial charge in [-0.1, -0.05) is 0 Å². The summed E-state index contributed by atoms with van der Waals surface area (Å²) in [6, 6.07) is 4.87. The fourth-order valence-electron chi connectivity index (χ4n) is 1.49. The normalized spacial score (nSPS) is 10.1. The van der Waals surface area contributed by atoms with Crippen LogP contribution >= 0.6 is 11.3 Å². The van der Waals surface area contributed by atoms with Gasteiger partial charge in [-0.15, -0.1) is 11.3 Å². The number of carbonyl (C=O) groups is 2. The van der Waals surface area contributed by atoms with Crippen molar-refractivity contribution in [2.75, 3.05) is 5.32 Å². The van der Waals surface area contributed by atoms with Crippen molar-refractivity contribution in [3.05, 3.63) is 45.9 Å². The Hall–Kier alpha value is -2.21. The van der Waals surface area contributed by atoms with Crippen LogP contribution in [0.5, 0.6) is 0 Å². The summed E-state index contributed by atoms with van der Waals surface area (Å²) in [4.78, 5) is 27.0. The molecule has 0 aliphatic heterocycles. The molecule has 0 bridgehead atoms. The smallest absolute Gasteiger partial charge is 0.348 e. The van der Waals surface area contributed by atoms with Gasteiger partial charge >= 0.3 is 5.97 Å². The van der Waals surface area contributed by atoms with Crippen LogP contribution in [0.25, 0.3) is 0 Å². The molecule has 18 heavy (non-hydrogen) atoms. The van der Waals surface area contributed by atoms with E-state index in [4.69, 9.17) is 5.11 Å². The van der Waals surface area contributed by atoms with Crippen molar-refractivity contribution >= 4 is 28.9 Å².